The smallest absolute Gasteiger partial charge is 0.175 e. The standard InChI is InChI=1S/C11H19N7/c1-8(7-16(2)3)18-10(11(12)14-15-18)9-5-6-13-17(9)4/h5-6,8H,7,12H2,1-4H3. The van der Waals surface area contributed by atoms with Gasteiger partial charge < -0.3 is 10.6 Å². The molecular weight excluding hydrogens is 230 g/mol. The predicted molar refractivity (Wildman–Crippen MR) is 69.9 cm³/mol. The molecule has 0 bridgehead atoms. The van der Waals surface area contributed by atoms with Crippen molar-refractivity contribution in [3.63, 3.8) is 0 Å². The summed E-state index contributed by atoms with van der Waals surface area (Å²) in [5.41, 5.74) is 7.66. The first kappa shape index (κ1) is 12.6. The molecule has 0 spiro atoms. The lowest BCUT2D eigenvalue weighted by Gasteiger charge is -2.18. The van der Waals surface area contributed by atoms with Gasteiger partial charge in [0, 0.05) is 19.8 Å². The maximum absolute atomic E-state index is 5.92. The fourth-order valence-electron chi connectivity index (χ4n) is 2.07. The lowest BCUT2D eigenvalue weighted by molar-refractivity contribution is 0.320. The Kier molecular flexibility index (Phi) is 3.33. The summed E-state index contributed by atoms with van der Waals surface area (Å²) in [7, 11) is 5.93. The third-order valence-corrected chi connectivity index (χ3v) is 2.83. The van der Waals surface area contributed by atoms with Crippen molar-refractivity contribution in [3.05, 3.63) is 12.3 Å². The van der Waals surface area contributed by atoms with E-state index in [2.05, 4.69) is 27.2 Å². The van der Waals surface area contributed by atoms with Crippen LogP contribution in [0.15, 0.2) is 12.3 Å². The van der Waals surface area contributed by atoms with Gasteiger partial charge in [0.2, 0.25) is 0 Å². The van der Waals surface area contributed by atoms with Gasteiger partial charge >= 0.3 is 0 Å². The minimum Gasteiger partial charge on any atom is -0.380 e. The average Bonchev–Trinajstić information content (AvgIpc) is 2.83. The van der Waals surface area contributed by atoms with Crippen LogP contribution >= 0.6 is 0 Å². The largest absolute Gasteiger partial charge is 0.380 e. The van der Waals surface area contributed by atoms with Crippen LogP contribution in [-0.2, 0) is 7.05 Å². The molecule has 2 aromatic rings. The van der Waals surface area contributed by atoms with Gasteiger partial charge in [0.05, 0.1) is 11.7 Å². The molecule has 7 nitrogen and oxygen atoms in total. The second-order valence-corrected chi connectivity index (χ2v) is 4.72. The van der Waals surface area contributed by atoms with Gasteiger partial charge in [-0.15, -0.1) is 5.10 Å². The zero-order chi connectivity index (χ0) is 13.3. The number of anilines is 1. The molecule has 2 heterocycles. The summed E-state index contributed by atoms with van der Waals surface area (Å²) in [5, 5.41) is 12.3. The maximum atomic E-state index is 5.92. The van der Waals surface area contributed by atoms with E-state index in [1.165, 1.54) is 0 Å². The van der Waals surface area contributed by atoms with Crippen LogP contribution in [0.1, 0.15) is 13.0 Å². The van der Waals surface area contributed by atoms with E-state index in [0.717, 1.165) is 17.9 Å². The van der Waals surface area contributed by atoms with Gasteiger partial charge in [-0.2, -0.15) is 5.10 Å². The van der Waals surface area contributed by atoms with Gasteiger partial charge in [-0.1, -0.05) is 5.21 Å². The fraction of sp³-hybridized carbons (Fsp3) is 0.545. The molecule has 98 valence electrons. The summed E-state index contributed by atoms with van der Waals surface area (Å²) < 4.78 is 3.63. The van der Waals surface area contributed by atoms with Crippen LogP contribution in [0.25, 0.3) is 11.4 Å². The molecule has 0 aliphatic rings. The molecule has 2 aromatic heterocycles. The highest BCUT2D eigenvalue weighted by molar-refractivity contribution is 5.66. The molecule has 0 saturated carbocycles. The molecule has 7 heteroatoms. The van der Waals surface area contributed by atoms with Crippen molar-refractivity contribution in [2.75, 3.05) is 26.4 Å². The molecule has 0 amide bonds. The molecule has 0 radical (unpaired) electrons. The van der Waals surface area contributed by atoms with Gasteiger partial charge in [-0.3, -0.25) is 4.68 Å². The zero-order valence-electron chi connectivity index (χ0n) is 11.2. The molecule has 0 saturated heterocycles. The van der Waals surface area contributed by atoms with Crippen molar-refractivity contribution < 1.29 is 0 Å². The average molecular weight is 249 g/mol. The Hall–Kier alpha value is -1.89. The third kappa shape index (κ3) is 2.21. The monoisotopic (exact) mass is 249 g/mol. The molecule has 0 aliphatic carbocycles. The lowest BCUT2D eigenvalue weighted by Crippen LogP contribution is -2.24. The zero-order valence-corrected chi connectivity index (χ0v) is 11.2. The predicted octanol–water partition coefficient (Wildman–Crippen LogP) is 0.383. The highest BCUT2D eigenvalue weighted by atomic mass is 15.5. The van der Waals surface area contributed by atoms with Gasteiger partial charge in [-0.25, -0.2) is 4.68 Å². The normalized spacial score (nSPS) is 13.2. The first-order valence-electron chi connectivity index (χ1n) is 5.84. The molecule has 1 unspecified atom stereocenters. The maximum Gasteiger partial charge on any atom is 0.175 e. The number of aryl methyl sites for hydroxylation is 1. The Bertz CT molecular complexity index is 525. The van der Waals surface area contributed by atoms with Crippen LogP contribution in [0.2, 0.25) is 0 Å². The van der Waals surface area contributed by atoms with Crippen LogP contribution in [0, 0.1) is 0 Å². The van der Waals surface area contributed by atoms with E-state index in [1.54, 1.807) is 10.9 Å². The van der Waals surface area contributed by atoms with Gasteiger partial charge in [-0.05, 0) is 27.1 Å². The number of rotatable bonds is 4. The minimum atomic E-state index is 0.190. The molecule has 0 fully saturated rings. The highest BCUT2D eigenvalue weighted by Gasteiger charge is 2.19. The summed E-state index contributed by atoms with van der Waals surface area (Å²) in [6.07, 6.45) is 1.74. The topological polar surface area (TPSA) is 77.8 Å². The second-order valence-electron chi connectivity index (χ2n) is 4.72. The molecular formula is C11H19N7. The van der Waals surface area contributed by atoms with Crippen molar-refractivity contribution in [2.45, 2.75) is 13.0 Å². The Balaban J connectivity index is 2.42. The quantitative estimate of drug-likeness (QED) is 0.847. The van der Waals surface area contributed by atoms with E-state index in [-0.39, 0.29) is 6.04 Å². The van der Waals surface area contributed by atoms with Crippen LogP contribution in [0.5, 0.6) is 0 Å². The van der Waals surface area contributed by atoms with E-state index in [0.29, 0.717) is 5.82 Å². The number of aromatic nitrogens is 5. The summed E-state index contributed by atoms with van der Waals surface area (Å²) in [4.78, 5) is 2.11. The van der Waals surface area contributed by atoms with Crippen LogP contribution < -0.4 is 5.73 Å². The molecule has 0 aliphatic heterocycles. The van der Waals surface area contributed by atoms with Crippen molar-refractivity contribution in [1.29, 1.82) is 0 Å². The van der Waals surface area contributed by atoms with Crippen molar-refractivity contribution in [2.24, 2.45) is 7.05 Å². The van der Waals surface area contributed by atoms with Crippen molar-refractivity contribution in [3.8, 4) is 11.4 Å². The number of hydrogen-bond acceptors (Lipinski definition) is 5. The van der Waals surface area contributed by atoms with E-state index >= 15 is 0 Å². The Morgan fingerprint density at radius 2 is 2.17 bits per heavy atom. The third-order valence-electron chi connectivity index (χ3n) is 2.83. The molecule has 2 rings (SSSR count). The number of hydrogen-bond donors (Lipinski definition) is 1. The summed E-state index contributed by atoms with van der Waals surface area (Å²) in [6, 6.07) is 2.10. The molecule has 0 aromatic carbocycles. The first-order valence-corrected chi connectivity index (χ1v) is 5.84. The van der Waals surface area contributed by atoms with E-state index in [1.807, 2.05) is 31.9 Å². The van der Waals surface area contributed by atoms with Crippen LogP contribution in [0.3, 0.4) is 0 Å². The molecule has 1 atom stereocenters. The molecule has 18 heavy (non-hydrogen) atoms. The minimum absolute atomic E-state index is 0.190. The van der Waals surface area contributed by atoms with Crippen LogP contribution in [-0.4, -0.2) is 50.3 Å². The van der Waals surface area contributed by atoms with E-state index < -0.39 is 0 Å². The van der Waals surface area contributed by atoms with E-state index in [4.69, 9.17) is 5.73 Å². The van der Waals surface area contributed by atoms with Gasteiger partial charge in [0.15, 0.2) is 5.82 Å². The summed E-state index contributed by atoms with van der Waals surface area (Å²) >= 11 is 0. The molecule has 2 N–H and O–H groups in total. The Morgan fingerprint density at radius 1 is 1.44 bits per heavy atom. The Labute approximate surface area is 106 Å². The summed E-state index contributed by atoms with van der Waals surface area (Å²) in [5.74, 6) is 0.434. The van der Waals surface area contributed by atoms with Crippen molar-refractivity contribution >= 4 is 5.82 Å². The first-order chi connectivity index (χ1) is 8.50. The number of nitrogens with zero attached hydrogens (tertiary/aromatic N) is 6. The van der Waals surface area contributed by atoms with Gasteiger partial charge in [0.25, 0.3) is 0 Å². The van der Waals surface area contributed by atoms with E-state index in [9.17, 15) is 0 Å². The summed E-state index contributed by atoms with van der Waals surface area (Å²) in [6.45, 7) is 2.96. The van der Waals surface area contributed by atoms with Crippen molar-refractivity contribution in [1.82, 2.24) is 29.7 Å². The number of nitrogens with two attached hydrogens (primary N) is 1. The number of nitrogen functional groups attached to an aromatic ring is 1. The highest BCUT2D eigenvalue weighted by Crippen LogP contribution is 2.25. The number of likely N-dealkylation sites (N-methyl/N-ethyl adjacent to an activating group) is 1. The second kappa shape index (κ2) is 4.77. The lowest BCUT2D eigenvalue weighted by atomic mass is 10.2. The van der Waals surface area contributed by atoms with Gasteiger partial charge in [0.1, 0.15) is 5.69 Å². The fourth-order valence-corrected chi connectivity index (χ4v) is 2.07. The van der Waals surface area contributed by atoms with Crippen LogP contribution in [0.4, 0.5) is 5.82 Å². The SMILES string of the molecule is CC(CN(C)C)n1nnc(N)c1-c1ccnn1C. The Morgan fingerprint density at radius 3 is 2.72 bits per heavy atom.